The predicted octanol–water partition coefficient (Wildman–Crippen LogP) is 9.05. The molecule has 0 aromatic heterocycles. The fourth-order valence-corrected chi connectivity index (χ4v) is 10.2. The molecule has 1 aliphatic rings. The second-order valence-electron chi connectivity index (χ2n) is 11.8. The Morgan fingerprint density at radius 2 is 0.712 bits per heavy atom. The minimum absolute atomic E-state index is 0.446. The van der Waals surface area contributed by atoms with Gasteiger partial charge in [0.05, 0.1) is 6.67 Å². The monoisotopic (exact) mass is 829 g/mol. The summed E-state index contributed by atoms with van der Waals surface area (Å²) in [6, 6.07) is 65.3. The Balaban J connectivity index is 0.000000209. The van der Waals surface area contributed by atoms with E-state index in [4.69, 9.17) is 4.65 Å². The molecule has 0 amide bonds. The molecule has 0 unspecified atom stereocenters. The summed E-state index contributed by atoms with van der Waals surface area (Å²) in [4.78, 5) is 2.36. The van der Waals surface area contributed by atoms with Gasteiger partial charge in [0.2, 0.25) is 0 Å². The van der Waals surface area contributed by atoms with E-state index in [-0.39, 0.29) is 0 Å². The van der Waals surface area contributed by atoms with Crippen LogP contribution in [0.2, 0.25) is 0 Å². The number of rotatable bonds is 7. The van der Waals surface area contributed by atoms with Crippen molar-refractivity contribution in [2.24, 2.45) is 0 Å². The van der Waals surface area contributed by atoms with Gasteiger partial charge in [-0.05, 0) is 75.4 Å². The van der Waals surface area contributed by atoms with E-state index >= 15 is 0 Å². The molecule has 0 atom stereocenters. The molecular formula is C45H46ClN2OP2Ru. The third-order valence-electron chi connectivity index (χ3n) is 8.20. The number of nitrogens with one attached hydrogen (secondary N) is 1. The zero-order valence-corrected chi connectivity index (χ0v) is 34.4. The Hall–Kier alpha value is -3.83. The van der Waals surface area contributed by atoms with Crippen molar-refractivity contribution in [3.05, 3.63) is 200 Å². The normalized spacial score (nSPS) is 11.5. The predicted molar refractivity (Wildman–Crippen MR) is 223 cm³/mol. The van der Waals surface area contributed by atoms with Crippen molar-refractivity contribution in [3.8, 4) is 0 Å². The molecule has 0 radical (unpaired) electrons. The van der Waals surface area contributed by atoms with Crippen molar-refractivity contribution in [2.75, 3.05) is 6.67 Å². The fraction of sp³-hybridized carbons (Fsp3) is 0.133. The molecular weight excluding hydrogens is 783 g/mol. The van der Waals surface area contributed by atoms with Crippen LogP contribution in [0.1, 0.15) is 27.7 Å². The smallest absolute Gasteiger partial charge is 0.0134 e. The zero-order chi connectivity index (χ0) is 37.6. The summed E-state index contributed by atoms with van der Waals surface area (Å²) in [5.74, 6) is 0. The number of benzene rings is 6. The first-order valence-electron chi connectivity index (χ1n) is 16.9. The molecule has 3 nitrogen and oxygen atoms in total. The van der Waals surface area contributed by atoms with Gasteiger partial charge in [-0.25, -0.2) is 0 Å². The molecule has 0 saturated heterocycles. The summed E-state index contributed by atoms with van der Waals surface area (Å²) >= 11 is 1.82. The molecule has 1 heterocycles. The largest absolute Gasteiger partial charge is 0.0622 e. The number of nitrogens with zero attached hydrogens (tertiary/aromatic N) is 1. The Labute approximate surface area is 328 Å². The van der Waals surface area contributed by atoms with E-state index in [0.29, 0.717) is 6.04 Å². The van der Waals surface area contributed by atoms with Crippen molar-refractivity contribution in [3.63, 3.8) is 0 Å². The van der Waals surface area contributed by atoms with Crippen LogP contribution in [-0.2, 0) is 22.0 Å². The van der Waals surface area contributed by atoms with Crippen LogP contribution < -0.4 is 37.1 Å². The summed E-state index contributed by atoms with van der Waals surface area (Å²) in [5.41, 5.74) is 2.70. The number of halogens is 1. The number of allylic oxidation sites excluding steroid dienone is 2. The quantitative estimate of drug-likeness (QED) is 0.0755. The molecule has 267 valence electrons. The van der Waals surface area contributed by atoms with E-state index in [1.165, 1.54) is 43.2 Å². The Kier molecular flexibility index (Phi) is 20.0. The van der Waals surface area contributed by atoms with Gasteiger partial charge in [-0.15, -0.1) is 0 Å². The maximum absolute atomic E-state index is 7.50. The molecule has 7 heteroatoms. The zero-order valence-electron chi connectivity index (χ0n) is 30.1. The maximum atomic E-state index is 7.50. The van der Waals surface area contributed by atoms with Crippen LogP contribution in [0.25, 0.3) is 0 Å². The van der Waals surface area contributed by atoms with Crippen LogP contribution in [0, 0.1) is 6.65 Å². The number of hydrogen-bond acceptors (Lipinski definition) is 2. The average Bonchev–Trinajstić information content (AvgIpc) is 3.57. The third-order valence-corrected chi connectivity index (χ3v) is 13.1. The minimum Gasteiger partial charge on any atom is -0.0622 e. The molecule has 0 spiro atoms. The molecule has 6 aromatic rings. The van der Waals surface area contributed by atoms with Gasteiger partial charge in [-0.3, -0.25) is 0 Å². The Bertz CT molecular complexity index is 1560. The van der Waals surface area contributed by atoms with Gasteiger partial charge in [-0.2, -0.15) is 0 Å². The van der Waals surface area contributed by atoms with E-state index in [1.807, 2.05) is 17.3 Å². The van der Waals surface area contributed by atoms with Gasteiger partial charge in [0.25, 0.3) is 0 Å². The van der Waals surface area contributed by atoms with Crippen LogP contribution in [0.15, 0.2) is 193 Å². The second kappa shape index (κ2) is 24.4. The van der Waals surface area contributed by atoms with Gasteiger partial charge in [0.1, 0.15) is 0 Å². The molecule has 0 aliphatic carbocycles. The maximum Gasteiger partial charge on any atom is -0.0134 e. The van der Waals surface area contributed by atoms with E-state index in [0.717, 1.165) is 6.67 Å². The van der Waals surface area contributed by atoms with E-state index < -0.39 is 15.8 Å². The molecule has 1 aliphatic heterocycles. The Morgan fingerprint density at radius 1 is 0.500 bits per heavy atom. The standard InChI is InChI=1S/2C18H15P.C8H16N2.CO.ClH.Ru/c2*1-4-10-16(11-5-1)19(17-12-6-2-7-13-17)18-14-8-3-9-15-18;1-6(2)10-5-9-7(3)8(10)4;1-2;;/h2*1-15H;6,9H,5H2,1-4H3;;1H;/q;;;;;+1/p-1. The summed E-state index contributed by atoms with van der Waals surface area (Å²) in [7, 11) is 3.68. The molecule has 0 bridgehead atoms. The minimum atomic E-state index is -0.446. The molecule has 1 N–H and O–H groups in total. The molecule has 0 saturated carbocycles. The first-order valence-corrected chi connectivity index (χ1v) is 21.9. The Morgan fingerprint density at radius 3 is 0.846 bits per heavy atom. The molecule has 52 heavy (non-hydrogen) atoms. The van der Waals surface area contributed by atoms with E-state index in [1.54, 1.807) is 0 Å². The van der Waals surface area contributed by atoms with Crippen LogP contribution in [0.3, 0.4) is 0 Å². The van der Waals surface area contributed by atoms with Crippen molar-refractivity contribution in [1.82, 2.24) is 10.2 Å². The first-order chi connectivity index (χ1) is 25.5. The molecule has 7 rings (SSSR count). The van der Waals surface area contributed by atoms with Crippen LogP contribution in [0.5, 0.6) is 0 Å². The van der Waals surface area contributed by atoms with Crippen molar-refractivity contribution < 1.29 is 22.0 Å². The van der Waals surface area contributed by atoms with Gasteiger partial charge >= 0.3 is 38.3 Å². The van der Waals surface area contributed by atoms with Crippen LogP contribution in [-0.4, -0.2) is 17.6 Å². The van der Waals surface area contributed by atoms with Crippen molar-refractivity contribution >= 4 is 57.4 Å². The van der Waals surface area contributed by atoms with E-state index in [2.05, 4.69) is 236 Å². The van der Waals surface area contributed by atoms with Crippen molar-refractivity contribution in [2.45, 2.75) is 33.7 Å². The molecule has 0 fully saturated rings. The van der Waals surface area contributed by atoms with Gasteiger partial charge in [0.15, 0.2) is 0 Å². The topological polar surface area (TPSA) is 35.2 Å². The van der Waals surface area contributed by atoms with Crippen molar-refractivity contribution in [1.29, 1.82) is 0 Å². The summed E-state index contributed by atoms with van der Waals surface area (Å²) < 4.78 is 7.50. The fourth-order valence-electron chi connectivity index (χ4n) is 5.59. The van der Waals surface area contributed by atoms with Gasteiger partial charge in [0, 0.05) is 17.4 Å². The summed E-state index contributed by atoms with van der Waals surface area (Å²) in [6.07, 6.45) is 0. The first kappa shape index (κ1) is 42.6. The summed E-state index contributed by atoms with van der Waals surface area (Å²) in [5, 5.41) is 11.7. The van der Waals surface area contributed by atoms with Gasteiger partial charge in [-0.1, -0.05) is 182 Å². The van der Waals surface area contributed by atoms with Crippen LogP contribution in [0.4, 0.5) is 0 Å². The second-order valence-corrected chi connectivity index (χ2v) is 16.2. The SMILES string of the molecule is CC1=C(C)N(C(C)C)CN1.[C-]#[O+].[Cl][Ru].c1ccc(P(c2ccccc2)c2ccccc2)cc1.c1ccc(P(c2ccccc2)c2ccccc2)cc1. The van der Waals surface area contributed by atoms with E-state index in [9.17, 15) is 0 Å². The molecule has 6 aromatic carbocycles. The summed E-state index contributed by atoms with van der Waals surface area (Å²) in [6.45, 7) is 14.2. The third kappa shape index (κ3) is 13.0. The van der Waals surface area contributed by atoms with Gasteiger partial charge < -0.3 is 10.2 Å². The van der Waals surface area contributed by atoms with Crippen LogP contribution >= 0.6 is 25.5 Å². The average molecular weight is 829 g/mol. The number of hydrogen-bond donors (Lipinski definition) is 1.